The first-order valence-corrected chi connectivity index (χ1v) is 6.99. The van der Waals surface area contributed by atoms with Crippen LogP contribution in [0.25, 0.3) is 0 Å². The molecule has 0 bridgehead atoms. The van der Waals surface area contributed by atoms with Gasteiger partial charge in [-0.15, -0.1) is 11.3 Å². The molecule has 1 aromatic heterocycles. The van der Waals surface area contributed by atoms with Gasteiger partial charge in [0.1, 0.15) is 0 Å². The number of hydrogen-bond acceptors (Lipinski definition) is 3. The van der Waals surface area contributed by atoms with Gasteiger partial charge in [0.15, 0.2) is 0 Å². The van der Waals surface area contributed by atoms with E-state index in [0.29, 0.717) is 25.8 Å². The summed E-state index contributed by atoms with van der Waals surface area (Å²) in [6.07, 6.45) is 2.59. The summed E-state index contributed by atoms with van der Waals surface area (Å²) in [5.41, 5.74) is -0.751. The molecule has 1 rings (SSSR count). The van der Waals surface area contributed by atoms with Crippen molar-refractivity contribution in [3.8, 4) is 0 Å². The fourth-order valence-corrected chi connectivity index (χ4v) is 2.25. The molecule has 0 aliphatic rings. The van der Waals surface area contributed by atoms with Gasteiger partial charge < -0.3 is 10.4 Å². The summed E-state index contributed by atoms with van der Waals surface area (Å²) < 4.78 is 0. The van der Waals surface area contributed by atoms with Gasteiger partial charge in [-0.05, 0) is 30.7 Å². The third-order valence-corrected chi connectivity index (χ3v) is 4.05. The highest BCUT2D eigenvalue weighted by Gasteiger charge is 2.22. The molecule has 0 fully saturated rings. The van der Waals surface area contributed by atoms with Gasteiger partial charge in [-0.1, -0.05) is 19.9 Å². The zero-order valence-corrected chi connectivity index (χ0v) is 11.3. The van der Waals surface area contributed by atoms with E-state index in [1.165, 1.54) is 4.88 Å². The van der Waals surface area contributed by atoms with Crippen molar-refractivity contribution in [1.29, 1.82) is 0 Å². The summed E-state index contributed by atoms with van der Waals surface area (Å²) >= 11 is 1.67. The van der Waals surface area contributed by atoms with Crippen molar-refractivity contribution < 1.29 is 9.90 Å². The molecule has 96 valence electrons. The van der Waals surface area contributed by atoms with Crippen LogP contribution < -0.4 is 5.32 Å². The Balaban J connectivity index is 2.26. The SMILES string of the molecule is CCC(O)(CC)CNC(=O)CCc1cccs1. The van der Waals surface area contributed by atoms with Crippen LogP contribution in [0.15, 0.2) is 17.5 Å². The summed E-state index contributed by atoms with van der Waals surface area (Å²) in [5, 5.41) is 14.8. The lowest BCUT2D eigenvalue weighted by atomic mass is 9.97. The largest absolute Gasteiger partial charge is 0.388 e. The zero-order valence-electron chi connectivity index (χ0n) is 10.5. The Morgan fingerprint density at radius 2 is 2.18 bits per heavy atom. The van der Waals surface area contributed by atoms with E-state index < -0.39 is 5.60 Å². The summed E-state index contributed by atoms with van der Waals surface area (Å²) in [6.45, 7) is 4.21. The van der Waals surface area contributed by atoms with Crippen molar-refractivity contribution in [2.24, 2.45) is 0 Å². The molecule has 2 N–H and O–H groups in total. The zero-order chi connectivity index (χ0) is 12.7. The molecule has 1 heterocycles. The van der Waals surface area contributed by atoms with Crippen LogP contribution in [0.5, 0.6) is 0 Å². The quantitative estimate of drug-likeness (QED) is 0.785. The maximum absolute atomic E-state index is 11.6. The number of thiophene rings is 1. The van der Waals surface area contributed by atoms with E-state index in [1.807, 2.05) is 31.4 Å². The van der Waals surface area contributed by atoms with Crippen LogP contribution in [0.3, 0.4) is 0 Å². The minimum atomic E-state index is -0.751. The number of amides is 1. The highest BCUT2D eigenvalue weighted by Crippen LogP contribution is 2.13. The van der Waals surface area contributed by atoms with Gasteiger partial charge in [-0.2, -0.15) is 0 Å². The second kappa shape index (κ2) is 6.77. The van der Waals surface area contributed by atoms with E-state index in [4.69, 9.17) is 0 Å². The van der Waals surface area contributed by atoms with Crippen LogP contribution in [-0.2, 0) is 11.2 Å². The molecule has 0 spiro atoms. The van der Waals surface area contributed by atoms with Crippen LogP contribution in [0, 0.1) is 0 Å². The predicted molar refractivity (Wildman–Crippen MR) is 71.2 cm³/mol. The lowest BCUT2D eigenvalue weighted by molar-refractivity contribution is -0.122. The van der Waals surface area contributed by atoms with Crippen LogP contribution in [0.1, 0.15) is 38.0 Å². The van der Waals surface area contributed by atoms with E-state index in [2.05, 4.69) is 5.32 Å². The van der Waals surface area contributed by atoms with Crippen molar-refractivity contribution in [3.05, 3.63) is 22.4 Å². The highest BCUT2D eigenvalue weighted by atomic mass is 32.1. The molecule has 1 amide bonds. The number of rotatable bonds is 7. The molecule has 0 saturated heterocycles. The van der Waals surface area contributed by atoms with Crippen LogP contribution >= 0.6 is 11.3 Å². The Morgan fingerprint density at radius 1 is 1.47 bits per heavy atom. The molecule has 0 radical (unpaired) electrons. The van der Waals surface area contributed by atoms with Gasteiger partial charge in [0.05, 0.1) is 5.60 Å². The standard InChI is InChI=1S/C13H21NO2S/c1-3-13(16,4-2)10-14-12(15)8-7-11-6-5-9-17-11/h5-6,9,16H,3-4,7-8,10H2,1-2H3,(H,14,15). The number of hydrogen-bond donors (Lipinski definition) is 2. The second-order valence-electron chi connectivity index (χ2n) is 4.29. The average molecular weight is 255 g/mol. The maximum Gasteiger partial charge on any atom is 0.220 e. The fourth-order valence-electron chi connectivity index (χ4n) is 1.54. The molecule has 0 aliphatic heterocycles. The maximum atomic E-state index is 11.6. The molecule has 0 aromatic carbocycles. The first-order chi connectivity index (χ1) is 8.09. The van der Waals surface area contributed by atoms with E-state index in [1.54, 1.807) is 11.3 Å². The molecule has 17 heavy (non-hydrogen) atoms. The average Bonchev–Trinajstić information content (AvgIpc) is 2.86. The van der Waals surface area contributed by atoms with Gasteiger partial charge >= 0.3 is 0 Å². The third-order valence-electron chi connectivity index (χ3n) is 3.11. The monoisotopic (exact) mass is 255 g/mol. The topological polar surface area (TPSA) is 49.3 Å². The lowest BCUT2D eigenvalue weighted by Gasteiger charge is -2.25. The Hall–Kier alpha value is -0.870. The summed E-state index contributed by atoms with van der Waals surface area (Å²) in [4.78, 5) is 12.8. The van der Waals surface area contributed by atoms with Crippen molar-refractivity contribution in [3.63, 3.8) is 0 Å². The van der Waals surface area contributed by atoms with E-state index >= 15 is 0 Å². The molecule has 0 aliphatic carbocycles. The Morgan fingerprint density at radius 3 is 2.71 bits per heavy atom. The van der Waals surface area contributed by atoms with Gasteiger partial charge in [0.2, 0.25) is 5.91 Å². The Bertz CT molecular complexity index is 331. The summed E-state index contributed by atoms with van der Waals surface area (Å²) in [5.74, 6) is 0.0127. The number of aliphatic hydroxyl groups is 1. The van der Waals surface area contributed by atoms with Crippen LogP contribution in [0.4, 0.5) is 0 Å². The Kier molecular flexibility index (Phi) is 5.65. The van der Waals surface area contributed by atoms with E-state index in [0.717, 1.165) is 6.42 Å². The third kappa shape index (κ3) is 4.88. The van der Waals surface area contributed by atoms with E-state index in [-0.39, 0.29) is 5.91 Å². The van der Waals surface area contributed by atoms with Crippen LogP contribution in [-0.4, -0.2) is 23.2 Å². The van der Waals surface area contributed by atoms with Gasteiger partial charge in [0.25, 0.3) is 0 Å². The van der Waals surface area contributed by atoms with Crippen LogP contribution in [0.2, 0.25) is 0 Å². The fraction of sp³-hybridized carbons (Fsp3) is 0.615. The predicted octanol–water partition coefficient (Wildman–Crippen LogP) is 2.35. The van der Waals surface area contributed by atoms with Crippen molar-refractivity contribution in [2.45, 2.75) is 45.1 Å². The molecule has 0 unspecified atom stereocenters. The van der Waals surface area contributed by atoms with Crippen molar-refractivity contribution in [1.82, 2.24) is 5.32 Å². The first-order valence-electron chi connectivity index (χ1n) is 6.11. The molecular weight excluding hydrogens is 234 g/mol. The number of carbonyl (C=O) groups excluding carboxylic acids is 1. The summed E-state index contributed by atoms with van der Waals surface area (Å²) in [7, 11) is 0. The van der Waals surface area contributed by atoms with Gasteiger partial charge in [0, 0.05) is 17.8 Å². The lowest BCUT2D eigenvalue weighted by Crippen LogP contribution is -2.42. The second-order valence-corrected chi connectivity index (χ2v) is 5.32. The summed E-state index contributed by atoms with van der Waals surface area (Å²) in [6, 6.07) is 4.02. The van der Waals surface area contributed by atoms with Crippen molar-refractivity contribution in [2.75, 3.05) is 6.54 Å². The Labute approximate surface area is 107 Å². The number of carbonyl (C=O) groups is 1. The minimum absolute atomic E-state index is 0.0127. The minimum Gasteiger partial charge on any atom is -0.388 e. The number of nitrogens with one attached hydrogen (secondary N) is 1. The smallest absolute Gasteiger partial charge is 0.220 e. The molecule has 1 aromatic rings. The van der Waals surface area contributed by atoms with E-state index in [9.17, 15) is 9.90 Å². The molecule has 0 atom stereocenters. The molecule has 4 heteroatoms. The van der Waals surface area contributed by atoms with Gasteiger partial charge in [-0.25, -0.2) is 0 Å². The first kappa shape index (κ1) is 14.2. The molecule has 3 nitrogen and oxygen atoms in total. The highest BCUT2D eigenvalue weighted by molar-refractivity contribution is 7.09. The van der Waals surface area contributed by atoms with Gasteiger partial charge in [-0.3, -0.25) is 4.79 Å². The molecular formula is C13H21NO2S. The number of aryl methyl sites for hydroxylation is 1. The molecule has 0 saturated carbocycles. The normalized spacial score (nSPS) is 11.5. The van der Waals surface area contributed by atoms with Crippen molar-refractivity contribution >= 4 is 17.2 Å².